The maximum atomic E-state index is 13.3. The molecule has 0 aliphatic carbocycles. The van der Waals surface area contributed by atoms with Crippen LogP contribution >= 0.6 is 12.4 Å². The van der Waals surface area contributed by atoms with E-state index in [1.54, 1.807) is 36.4 Å². The lowest BCUT2D eigenvalue weighted by Crippen LogP contribution is -2.64. The van der Waals surface area contributed by atoms with E-state index in [1.807, 2.05) is 30.3 Å². The highest BCUT2D eigenvalue weighted by molar-refractivity contribution is 7.89. The van der Waals surface area contributed by atoms with Crippen molar-refractivity contribution < 1.29 is 27.9 Å². The molecule has 36 heavy (non-hydrogen) atoms. The number of carbonyl (C=O) groups excluding carboxylic acids is 1. The molecule has 1 aliphatic heterocycles. The number of rotatable bonds is 9. The van der Waals surface area contributed by atoms with Gasteiger partial charge in [-0.2, -0.15) is 4.31 Å². The first-order chi connectivity index (χ1) is 16.6. The summed E-state index contributed by atoms with van der Waals surface area (Å²) < 4.78 is 34.3. The molecule has 9 nitrogen and oxygen atoms in total. The number of benzene rings is 3. The lowest BCUT2D eigenvalue weighted by molar-refractivity contribution is -0.138. The molecule has 3 aromatic rings. The van der Waals surface area contributed by atoms with Crippen molar-refractivity contribution in [1.82, 2.24) is 4.31 Å². The second kappa shape index (κ2) is 10.7. The first kappa shape index (κ1) is 27.2. The first-order valence-electron chi connectivity index (χ1n) is 10.8. The molecule has 0 bridgehead atoms. The summed E-state index contributed by atoms with van der Waals surface area (Å²) in [6.45, 7) is 0.131. The normalized spacial score (nSPS) is 15.7. The van der Waals surface area contributed by atoms with Crippen LogP contribution in [-0.4, -0.2) is 48.8 Å². The van der Waals surface area contributed by atoms with Gasteiger partial charge in [0.25, 0.3) is 0 Å². The average Bonchev–Trinajstić information content (AvgIpc) is 2.82. The SMILES string of the molecule is Cl.NC(=O)c1ccc(OC2(c3ccccc3)CN(S(=O)(=O)c3cccc(C[C@H](N)C(=O)O)c3)C2)cc1. The fourth-order valence-electron chi connectivity index (χ4n) is 3.98. The third-order valence-corrected chi connectivity index (χ3v) is 7.71. The van der Waals surface area contributed by atoms with E-state index in [1.165, 1.54) is 16.4 Å². The molecule has 0 aromatic heterocycles. The number of aliphatic carboxylic acids is 1. The van der Waals surface area contributed by atoms with Crippen LogP contribution in [0.3, 0.4) is 0 Å². The zero-order valence-corrected chi connectivity index (χ0v) is 20.7. The summed E-state index contributed by atoms with van der Waals surface area (Å²) in [5.41, 5.74) is 11.6. The van der Waals surface area contributed by atoms with Gasteiger partial charge in [0.15, 0.2) is 5.60 Å². The number of nitrogens with two attached hydrogens (primary N) is 2. The smallest absolute Gasteiger partial charge is 0.320 e. The van der Waals surface area contributed by atoms with Crippen molar-refractivity contribution >= 4 is 34.3 Å². The monoisotopic (exact) mass is 531 g/mol. The predicted octanol–water partition coefficient (Wildman–Crippen LogP) is 2.14. The highest BCUT2D eigenvalue weighted by Gasteiger charge is 2.52. The molecule has 1 aliphatic rings. The highest BCUT2D eigenvalue weighted by Crippen LogP contribution is 2.40. The Bertz CT molecular complexity index is 1340. The van der Waals surface area contributed by atoms with Crippen molar-refractivity contribution in [3.8, 4) is 5.75 Å². The molecule has 1 saturated heterocycles. The molecule has 1 heterocycles. The van der Waals surface area contributed by atoms with Gasteiger partial charge in [-0.1, -0.05) is 42.5 Å². The van der Waals surface area contributed by atoms with Gasteiger partial charge in [-0.25, -0.2) is 8.42 Å². The Morgan fingerprint density at radius 2 is 1.64 bits per heavy atom. The molecule has 3 aromatic carbocycles. The number of amides is 1. The van der Waals surface area contributed by atoms with E-state index < -0.39 is 33.5 Å². The summed E-state index contributed by atoms with van der Waals surface area (Å²) in [4.78, 5) is 22.5. The van der Waals surface area contributed by atoms with Gasteiger partial charge in [0.1, 0.15) is 11.8 Å². The van der Waals surface area contributed by atoms with E-state index in [0.717, 1.165) is 5.56 Å². The molecule has 1 atom stereocenters. The topological polar surface area (TPSA) is 153 Å². The average molecular weight is 532 g/mol. The molecular formula is C25H26ClN3O6S. The zero-order chi connectivity index (χ0) is 25.2. The molecule has 0 spiro atoms. The Morgan fingerprint density at radius 1 is 1.00 bits per heavy atom. The molecule has 0 saturated carbocycles. The van der Waals surface area contributed by atoms with Crippen LogP contribution in [0.2, 0.25) is 0 Å². The van der Waals surface area contributed by atoms with Gasteiger partial charge in [-0.15, -0.1) is 12.4 Å². The van der Waals surface area contributed by atoms with E-state index in [9.17, 15) is 18.0 Å². The van der Waals surface area contributed by atoms with Gasteiger partial charge >= 0.3 is 5.97 Å². The van der Waals surface area contributed by atoms with Gasteiger partial charge in [-0.05, 0) is 53.9 Å². The second-order valence-electron chi connectivity index (χ2n) is 8.42. The van der Waals surface area contributed by atoms with Crippen molar-refractivity contribution in [3.63, 3.8) is 0 Å². The standard InChI is InChI=1S/C25H25N3O6S.ClH/c26-22(24(30)31)14-17-5-4-8-21(13-17)35(32,33)28-15-25(16-28,19-6-2-1-3-7-19)34-20-11-9-18(10-12-20)23(27)29;/h1-13,22H,14-16,26H2,(H2,27,29)(H,30,31);1H/t22-;/m0./s1. The Morgan fingerprint density at radius 3 is 2.22 bits per heavy atom. The van der Waals surface area contributed by atoms with Crippen LogP contribution < -0.4 is 16.2 Å². The van der Waals surface area contributed by atoms with Crippen LogP contribution in [0.5, 0.6) is 5.75 Å². The number of carboxylic acid groups (broad SMARTS) is 1. The largest absolute Gasteiger partial charge is 0.480 e. The van der Waals surface area contributed by atoms with Gasteiger partial charge in [-0.3, -0.25) is 9.59 Å². The van der Waals surface area contributed by atoms with Crippen LogP contribution in [-0.2, 0) is 26.8 Å². The summed E-state index contributed by atoms with van der Waals surface area (Å²) in [7, 11) is -3.87. The van der Waals surface area contributed by atoms with Crippen molar-refractivity contribution in [3.05, 3.63) is 95.6 Å². The maximum Gasteiger partial charge on any atom is 0.320 e. The number of carboxylic acids is 1. The molecule has 11 heteroatoms. The summed E-state index contributed by atoms with van der Waals surface area (Å²) in [5, 5.41) is 9.05. The van der Waals surface area contributed by atoms with Gasteiger partial charge in [0.2, 0.25) is 15.9 Å². The number of primary amides is 1. The minimum absolute atomic E-state index is 0. The summed E-state index contributed by atoms with van der Waals surface area (Å²) >= 11 is 0. The molecule has 0 unspecified atom stereocenters. The Hall–Kier alpha value is -3.44. The molecule has 1 amide bonds. The number of carbonyl (C=O) groups is 2. The summed E-state index contributed by atoms with van der Waals surface area (Å²) in [5.74, 6) is -1.24. The molecule has 5 N–H and O–H groups in total. The fraction of sp³-hybridized carbons (Fsp3) is 0.200. The van der Waals surface area contributed by atoms with Gasteiger partial charge in [0.05, 0.1) is 18.0 Å². The maximum absolute atomic E-state index is 13.3. The van der Waals surface area contributed by atoms with Crippen molar-refractivity contribution in [2.45, 2.75) is 23.0 Å². The molecule has 0 radical (unpaired) electrons. The lowest BCUT2D eigenvalue weighted by atomic mass is 9.87. The van der Waals surface area contributed by atoms with E-state index in [4.69, 9.17) is 21.3 Å². The van der Waals surface area contributed by atoms with Crippen LogP contribution in [0.15, 0.2) is 83.8 Å². The Kier molecular flexibility index (Phi) is 8.05. The first-order valence-corrected chi connectivity index (χ1v) is 12.3. The predicted molar refractivity (Wildman–Crippen MR) is 135 cm³/mol. The van der Waals surface area contributed by atoms with Crippen molar-refractivity contribution in [2.75, 3.05) is 13.1 Å². The Balaban J connectivity index is 0.00000361. The van der Waals surface area contributed by atoms with E-state index in [0.29, 0.717) is 16.9 Å². The minimum atomic E-state index is -3.87. The van der Waals surface area contributed by atoms with Crippen LogP contribution in [0, 0.1) is 0 Å². The second-order valence-corrected chi connectivity index (χ2v) is 10.4. The molecular weight excluding hydrogens is 506 g/mol. The molecule has 4 rings (SSSR count). The zero-order valence-electron chi connectivity index (χ0n) is 19.1. The quantitative estimate of drug-likeness (QED) is 0.382. The third kappa shape index (κ3) is 5.52. The van der Waals surface area contributed by atoms with Crippen molar-refractivity contribution in [2.24, 2.45) is 11.5 Å². The van der Waals surface area contributed by atoms with Gasteiger partial charge < -0.3 is 21.3 Å². The van der Waals surface area contributed by atoms with Gasteiger partial charge in [0, 0.05) is 5.56 Å². The third-order valence-electron chi connectivity index (χ3n) is 5.92. The molecule has 190 valence electrons. The Labute approximate surface area is 215 Å². The number of hydrogen-bond acceptors (Lipinski definition) is 6. The van der Waals surface area contributed by atoms with E-state index in [-0.39, 0.29) is 36.8 Å². The number of sulfonamides is 1. The number of halogens is 1. The fourth-order valence-corrected chi connectivity index (χ4v) is 5.58. The number of ether oxygens (including phenoxy) is 1. The summed E-state index contributed by atoms with van der Waals surface area (Å²) in [6, 6.07) is 20.7. The minimum Gasteiger partial charge on any atom is -0.480 e. The number of hydrogen-bond donors (Lipinski definition) is 3. The van der Waals surface area contributed by atoms with E-state index >= 15 is 0 Å². The molecule has 1 fully saturated rings. The van der Waals surface area contributed by atoms with Crippen molar-refractivity contribution in [1.29, 1.82) is 0 Å². The van der Waals surface area contributed by atoms with Crippen LogP contribution in [0.4, 0.5) is 0 Å². The van der Waals surface area contributed by atoms with Crippen LogP contribution in [0.1, 0.15) is 21.5 Å². The highest BCUT2D eigenvalue weighted by atomic mass is 35.5. The summed E-state index contributed by atoms with van der Waals surface area (Å²) in [6.07, 6.45) is 0.0110. The van der Waals surface area contributed by atoms with Crippen LogP contribution in [0.25, 0.3) is 0 Å². The number of nitrogens with zero attached hydrogens (tertiary/aromatic N) is 1. The lowest BCUT2D eigenvalue weighted by Gasteiger charge is -2.48. The van der Waals surface area contributed by atoms with E-state index in [2.05, 4.69) is 0 Å².